The number of nitrogens with zero attached hydrogens (tertiary/aromatic N) is 1. The molecular weight excluding hydrogens is 274 g/mol. The van der Waals surface area contributed by atoms with Crippen molar-refractivity contribution < 1.29 is 9.84 Å². The Labute approximate surface area is 126 Å². The Hall–Kier alpha value is -1.13. The average molecular weight is 296 g/mol. The second-order valence-electron chi connectivity index (χ2n) is 4.86. The van der Waals surface area contributed by atoms with Gasteiger partial charge in [-0.1, -0.05) is 36.4 Å². The van der Waals surface area contributed by atoms with Crippen LogP contribution in [0.3, 0.4) is 0 Å². The van der Waals surface area contributed by atoms with Gasteiger partial charge in [0.25, 0.3) is 0 Å². The third-order valence-electron chi connectivity index (χ3n) is 3.23. The molecule has 0 amide bonds. The Morgan fingerprint density at radius 1 is 1.10 bits per heavy atom. The standard InChI is InChI=1S/C16H21NO2.ClH/c1-4-19-16(17(2)3)15(18)14-10-9-12-7-5-6-8-13(12)11-14;/h5-11,15-16,18H,4H2,1-3H3;1H. The van der Waals surface area contributed by atoms with Crippen LogP contribution in [0.5, 0.6) is 0 Å². The lowest BCUT2D eigenvalue weighted by Gasteiger charge is -2.29. The first kappa shape index (κ1) is 16.9. The summed E-state index contributed by atoms with van der Waals surface area (Å²) in [7, 11) is 3.81. The van der Waals surface area contributed by atoms with E-state index >= 15 is 0 Å². The molecule has 0 fully saturated rings. The molecule has 110 valence electrons. The lowest BCUT2D eigenvalue weighted by atomic mass is 10.0. The third-order valence-corrected chi connectivity index (χ3v) is 3.23. The van der Waals surface area contributed by atoms with Crippen molar-refractivity contribution in [2.75, 3.05) is 20.7 Å². The van der Waals surface area contributed by atoms with Crippen LogP contribution in [0, 0.1) is 0 Å². The fourth-order valence-corrected chi connectivity index (χ4v) is 2.25. The number of halogens is 1. The summed E-state index contributed by atoms with van der Waals surface area (Å²) in [6.45, 7) is 2.51. The number of ether oxygens (including phenoxy) is 1. The summed E-state index contributed by atoms with van der Waals surface area (Å²) < 4.78 is 5.61. The smallest absolute Gasteiger partial charge is 0.140 e. The van der Waals surface area contributed by atoms with Crippen molar-refractivity contribution in [1.82, 2.24) is 4.90 Å². The Balaban J connectivity index is 0.00000200. The van der Waals surface area contributed by atoms with Crippen molar-refractivity contribution in [3.05, 3.63) is 48.0 Å². The quantitative estimate of drug-likeness (QED) is 0.860. The summed E-state index contributed by atoms with van der Waals surface area (Å²) in [4.78, 5) is 1.89. The second kappa shape index (κ2) is 7.60. The Bertz CT molecular complexity index is 545. The van der Waals surface area contributed by atoms with Crippen LogP contribution >= 0.6 is 12.4 Å². The van der Waals surface area contributed by atoms with Gasteiger partial charge in [0.2, 0.25) is 0 Å². The monoisotopic (exact) mass is 295 g/mol. The average Bonchev–Trinajstić information content (AvgIpc) is 2.43. The van der Waals surface area contributed by atoms with Gasteiger partial charge in [-0.15, -0.1) is 12.4 Å². The number of aliphatic hydroxyl groups excluding tert-OH is 1. The van der Waals surface area contributed by atoms with Gasteiger partial charge in [-0.3, -0.25) is 4.90 Å². The van der Waals surface area contributed by atoms with Crippen molar-refractivity contribution in [2.24, 2.45) is 0 Å². The van der Waals surface area contributed by atoms with Crippen molar-refractivity contribution in [2.45, 2.75) is 19.3 Å². The van der Waals surface area contributed by atoms with Gasteiger partial charge in [-0.05, 0) is 43.4 Å². The van der Waals surface area contributed by atoms with E-state index in [9.17, 15) is 5.11 Å². The summed E-state index contributed by atoms with van der Waals surface area (Å²) in [6.07, 6.45) is -0.981. The molecule has 0 aromatic heterocycles. The predicted molar refractivity (Wildman–Crippen MR) is 85.3 cm³/mol. The molecule has 2 atom stereocenters. The molecule has 3 nitrogen and oxygen atoms in total. The van der Waals surface area contributed by atoms with Gasteiger partial charge in [0, 0.05) is 6.61 Å². The zero-order chi connectivity index (χ0) is 13.8. The highest BCUT2D eigenvalue weighted by atomic mass is 35.5. The third kappa shape index (κ3) is 3.70. The number of rotatable bonds is 5. The molecule has 1 N–H and O–H groups in total. The van der Waals surface area contributed by atoms with E-state index in [1.54, 1.807) is 0 Å². The highest BCUT2D eigenvalue weighted by Crippen LogP contribution is 2.24. The Kier molecular flexibility index (Phi) is 6.43. The van der Waals surface area contributed by atoms with E-state index in [4.69, 9.17) is 4.74 Å². The number of fused-ring (bicyclic) bond motifs is 1. The molecule has 0 aliphatic rings. The number of likely N-dealkylation sites (N-methyl/N-ethyl adjacent to an activating group) is 1. The molecule has 0 heterocycles. The van der Waals surface area contributed by atoms with Gasteiger partial charge in [0.1, 0.15) is 12.3 Å². The molecule has 2 aromatic rings. The van der Waals surface area contributed by atoms with Crippen molar-refractivity contribution >= 4 is 23.2 Å². The van der Waals surface area contributed by atoms with Crippen molar-refractivity contribution in [3.8, 4) is 0 Å². The van der Waals surface area contributed by atoms with E-state index < -0.39 is 6.10 Å². The molecule has 2 rings (SSSR count). The predicted octanol–water partition coefficient (Wildman–Crippen LogP) is 3.22. The topological polar surface area (TPSA) is 32.7 Å². The van der Waals surface area contributed by atoms with Crippen LogP contribution in [0.1, 0.15) is 18.6 Å². The van der Waals surface area contributed by atoms with Crippen LogP contribution in [0.15, 0.2) is 42.5 Å². The molecule has 0 bridgehead atoms. The summed E-state index contributed by atoms with van der Waals surface area (Å²) in [5.41, 5.74) is 0.880. The first-order valence-corrected chi connectivity index (χ1v) is 6.58. The van der Waals surface area contributed by atoms with E-state index in [1.807, 2.05) is 56.3 Å². The fourth-order valence-electron chi connectivity index (χ4n) is 2.25. The van der Waals surface area contributed by atoms with E-state index in [-0.39, 0.29) is 18.6 Å². The summed E-state index contributed by atoms with van der Waals surface area (Å²) >= 11 is 0. The van der Waals surface area contributed by atoms with Crippen LogP contribution in [0.25, 0.3) is 10.8 Å². The number of benzene rings is 2. The molecule has 0 aliphatic carbocycles. The van der Waals surface area contributed by atoms with Gasteiger partial charge < -0.3 is 9.84 Å². The van der Waals surface area contributed by atoms with Crippen molar-refractivity contribution in [3.63, 3.8) is 0 Å². The van der Waals surface area contributed by atoms with E-state index in [0.29, 0.717) is 6.61 Å². The van der Waals surface area contributed by atoms with Gasteiger partial charge in [0.15, 0.2) is 0 Å². The van der Waals surface area contributed by atoms with E-state index in [1.165, 1.54) is 5.39 Å². The van der Waals surface area contributed by atoms with Crippen LogP contribution < -0.4 is 0 Å². The van der Waals surface area contributed by atoms with Gasteiger partial charge in [-0.2, -0.15) is 0 Å². The van der Waals surface area contributed by atoms with E-state index in [2.05, 4.69) is 12.1 Å². The maximum absolute atomic E-state index is 10.5. The fraction of sp³-hybridized carbons (Fsp3) is 0.375. The second-order valence-corrected chi connectivity index (χ2v) is 4.86. The molecule has 0 saturated heterocycles. The molecular formula is C16H22ClNO2. The van der Waals surface area contributed by atoms with Crippen LogP contribution in [0.4, 0.5) is 0 Å². The van der Waals surface area contributed by atoms with Gasteiger partial charge in [0.05, 0.1) is 0 Å². The Morgan fingerprint density at radius 2 is 1.75 bits per heavy atom. The normalized spacial score (nSPS) is 14.1. The highest BCUT2D eigenvalue weighted by Gasteiger charge is 2.23. The molecule has 0 spiro atoms. The minimum absolute atomic E-state index is 0. The van der Waals surface area contributed by atoms with Crippen LogP contribution in [-0.2, 0) is 4.74 Å². The summed E-state index contributed by atoms with van der Waals surface area (Å²) in [5, 5.41) is 12.8. The zero-order valence-electron chi connectivity index (χ0n) is 12.1. The van der Waals surface area contributed by atoms with Crippen LogP contribution in [0.2, 0.25) is 0 Å². The minimum Gasteiger partial charge on any atom is -0.384 e. The largest absolute Gasteiger partial charge is 0.384 e. The molecule has 0 radical (unpaired) electrons. The SMILES string of the molecule is CCOC(C(O)c1ccc2ccccc2c1)N(C)C.Cl. The van der Waals surface area contributed by atoms with Gasteiger partial charge >= 0.3 is 0 Å². The van der Waals surface area contributed by atoms with Crippen LogP contribution in [-0.4, -0.2) is 36.9 Å². The number of aliphatic hydroxyl groups is 1. The first-order chi connectivity index (χ1) is 9.13. The van der Waals surface area contributed by atoms with Crippen molar-refractivity contribution in [1.29, 1.82) is 0 Å². The summed E-state index contributed by atoms with van der Waals surface area (Å²) in [6, 6.07) is 14.2. The van der Waals surface area contributed by atoms with Gasteiger partial charge in [-0.25, -0.2) is 0 Å². The lowest BCUT2D eigenvalue weighted by Crippen LogP contribution is -2.36. The molecule has 4 heteroatoms. The molecule has 0 saturated carbocycles. The summed E-state index contributed by atoms with van der Waals surface area (Å²) in [5.74, 6) is 0. The highest BCUT2D eigenvalue weighted by molar-refractivity contribution is 5.85. The molecule has 2 unspecified atom stereocenters. The minimum atomic E-state index is -0.653. The maximum atomic E-state index is 10.5. The molecule has 20 heavy (non-hydrogen) atoms. The number of hydrogen-bond acceptors (Lipinski definition) is 3. The molecule has 0 aliphatic heterocycles. The Morgan fingerprint density at radius 3 is 2.35 bits per heavy atom. The lowest BCUT2D eigenvalue weighted by molar-refractivity contribution is -0.106. The maximum Gasteiger partial charge on any atom is 0.140 e. The van der Waals surface area contributed by atoms with E-state index in [0.717, 1.165) is 10.9 Å². The number of hydrogen-bond donors (Lipinski definition) is 1. The zero-order valence-corrected chi connectivity index (χ0v) is 12.9. The first-order valence-electron chi connectivity index (χ1n) is 6.58. The molecule has 2 aromatic carbocycles.